The van der Waals surface area contributed by atoms with Crippen molar-refractivity contribution in [3.05, 3.63) is 35.4 Å². The number of sulfonamides is 1. The Balaban J connectivity index is 2.02. The van der Waals surface area contributed by atoms with Crippen molar-refractivity contribution in [3.8, 4) is 0 Å². The second-order valence-corrected chi connectivity index (χ2v) is 9.34. The maximum atomic E-state index is 12.0. The van der Waals surface area contributed by atoms with E-state index in [1.807, 2.05) is 0 Å². The fourth-order valence-corrected chi connectivity index (χ4v) is 4.12. The number of hydrogen-bond donors (Lipinski definition) is 4. The monoisotopic (exact) mass is 396 g/mol. The minimum atomic E-state index is -3.75. The van der Waals surface area contributed by atoms with Gasteiger partial charge in [-0.2, -0.15) is 0 Å². The van der Waals surface area contributed by atoms with Gasteiger partial charge in [0, 0.05) is 12.1 Å². The molecule has 1 aliphatic rings. The molecule has 27 heavy (non-hydrogen) atoms. The Hall–Kier alpha value is -2.46. The highest BCUT2D eigenvalue weighted by atomic mass is 32.2. The molecule has 1 fully saturated rings. The standard InChI is InChI=1S/C17H24N4O5S/c1-16(2,3)21-27(25,26)10-13(22)18-9-11-6-5-7-12(8-11)17(4)14(23)19-15(24)20-17/h5-8,21H,9-10H2,1-4H3,(H,18,22)(H2,19,20,23,24). The molecule has 0 radical (unpaired) electrons. The molecule has 0 aliphatic carbocycles. The zero-order chi connectivity index (χ0) is 20.5. The first-order valence-electron chi connectivity index (χ1n) is 8.32. The second kappa shape index (κ2) is 7.28. The van der Waals surface area contributed by atoms with Crippen molar-refractivity contribution < 1.29 is 22.8 Å². The molecule has 1 heterocycles. The Bertz CT molecular complexity index is 876. The van der Waals surface area contributed by atoms with Crippen molar-refractivity contribution in [2.24, 2.45) is 0 Å². The van der Waals surface area contributed by atoms with Gasteiger partial charge in [0.1, 0.15) is 11.3 Å². The van der Waals surface area contributed by atoms with Crippen LogP contribution in [0.5, 0.6) is 0 Å². The fraction of sp³-hybridized carbons (Fsp3) is 0.471. The Kier molecular flexibility index (Phi) is 5.62. The maximum absolute atomic E-state index is 12.0. The third-order valence-corrected chi connectivity index (χ3v) is 5.39. The molecule has 4 N–H and O–H groups in total. The van der Waals surface area contributed by atoms with Crippen LogP contribution in [0.2, 0.25) is 0 Å². The fourth-order valence-electron chi connectivity index (χ4n) is 2.67. The third kappa shape index (κ3) is 5.51. The zero-order valence-corrected chi connectivity index (χ0v) is 16.5. The van der Waals surface area contributed by atoms with Gasteiger partial charge in [-0.25, -0.2) is 17.9 Å². The number of nitrogens with one attached hydrogen (secondary N) is 4. The number of hydrogen-bond acceptors (Lipinski definition) is 5. The Morgan fingerprint density at radius 3 is 2.44 bits per heavy atom. The van der Waals surface area contributed by atoms with Gasteiger partial charge < -0.3 is 10.6 Å². The van der Waals surface area contributed by atoms with Crippen LogP contribution in [0.25, 0.3) is 0 Å². The van der Waals surface area contributed by atoms with Gasteiger partial charge in [0.15, 0.2) is 0 Å². The summed E-state index contributed by atoms with van der Waals surface area (Å²) < 4.78 is 26.3. The molecule has 4 amide bonds. The van der Waals surface area contributed by atoms with E-state index >= 15 is 0 Å². The van der Waals surface area contributed by atoms with Crippen molar-refractivity contribution >= 4 is 27.9 Å². The summed E-state index contributed by atoms with van der Waals surface area (Å²) in [5, 5.41) is 7.30. The molecule has 1 aromatic rings. The molecule has 2 rings (SSSR count). The minimum absolute atomic E-state index is 0.0867. The predicted molar refractivity (Wildman–Crippen MR) is 99.0 cm³/mol. The van der Waals surface area contributed by atoms with E-state index in [0.29, 0.717) is 11.1 Å². The van der Waals surface area contributed by atoms with Crippen LogP contribution in [0.4, 0.5) is 4.79 Å². The normalized spacial score (nSPS) is 20.1. The first-order valence-corrected chi connectivity index (χ1v) is 9.97. The van der Waals surface area contributed by atoms with Crippen LogP contribution in [-0.2, 0) is 31.7 Å². The maximum Gasteiger partial charge on any atom is 0.322 e. The highest BCUT2D eigenvalue weighted by Crippen LogP contribution is 2.25. The molecule has 1 aromatic carbocycles. The number of imide groups is 1. The summed E-state index contributed by atoms with van der Waals surface area (Å²) in [6.45, 7) is 6.73. The summed E-state index contributed by atoms with van der Waals surface area (Å²) >= 11 is 0. The number of rotatable bonds is 6. The quantitative estimate of drug-likeness (QED) is 0.505. The number of amides is 4. The van der Waals surface area contributed by atoms with E-state index in [2.05, 4.69) is 20.7 Å². The third-order valence-electron chi connectivity index (χ3n) is 3.82. The minimum Gasteiger partial charge on any atom is -0.351 e. The average Bonchev–Trinajstić information content (AvgIpc) is 2.76. The first kappa shape index (κ1) is 20.8. The van der Waals surface area contributed by atoms with Crippen LogP contribution in [0, 0.1) is 0 Å². The summed E-state index contributed by atoms with van der Waals surface area (Å²) in [6, 6.07) is 6.21. The number of urea groups is 1. The van der Waals surface area contributed by atoms with Crippen LogP contribution in [0.1, 0.15) is 38.8 Å². The highest BCUT2D eigenvalue weighted by Gasteiger charge is 2.43. The van der Waals surface area contributed by atoms with Crippen molar-refractivity contribution in [1.82, 2.24) is 20.7 Å². The van der Waals surface area contributed by atoms with E-state index in [9.17, 15) is 22.8 Å². The molecule has 1 aliphatic heterocycles. The van der Waals surface area contributed by atoms with Gasteiger partial charge in [-0.1, -0.05) is 24.3 Å². The zero-order valence-electron chi connectivity index (χ0n) is 15.7. The lowest BCUT2D eigenvalue weighted by Crippen LogP contribution is -2.44. The molecule has 0 aromatic heterocycles. The molecule has 1 saturated heterocycles. The lowest BCUT2D eigenvalue weighted by atomic mass is 9.91. The SMILES string of the molecule is CC(C)(C)NS(=O)(=O)CC(=O)NCc1cccc(C2(C)NC(=O)NC2=O)c1. The van der Waals surface area contributed by atoms with Gasteiger partial charge >= 0.3 is 6.03 Å². The molecular formula is C17H24N4O5S. The molecule has 10 heteroatoms. The Morgan fingerprint density at radius 1 is 1.22 bits per heavy atom. The predicted octanol–water partition coefficient (Wildman–Crippen LogP) is 0.0753. The molecule has 0 saturated carbocycles. The topological polar surface area (TPSA) is 133 Å². The van der Waals surface area contributed by atoms with E-state index in [0.717, 1.165) is 0 Å². The summed E-state index contributed by atoms with van der Waals surface area (Å²) in [6.07, 6.45) is 0. The summed E-state index contributed by atoms with van der Waals surface area (Å²) in [5.41, 5.74) is -0.650. The second-order valence-electron chi connectivity index (χ2n) is 7.62. The van der Waals surface area contributed by atoms with Crippen LogP contribution in [0.15, 0.2) is 24.3 Å². The lowest BCUT2D eigenvalue weighted by molar-refractivity contribution is -0.123. The lowest BCUT2D eigenvalue weighted by Gasteiger charge is -2.22. The molecule has 1 atom stereocenters. The highest BCUT2D eigenvalue weighted by molar-refractivity contribution is 7.90. The van der Waals surface area contributed by atoms with Gasteiger partial charge in [-0.3, -0.25) is 14.9 Å². The van der Waals surface area contributed by atoms with E-state index in [1.165, 1.54) is 0 Å². The number of carbonyl (C=O) groups is 3. The van der Waals surface area contributed by atoms with Gasteiger partial charge in [0.25, 0.3) is 5.91 Å². The van der Waals surface area contributed by atoms with E-state index in [-0.39, 0.29) is 6.54 Å². The first-order chi connectivity index (χ1) is 12.3. The largest absolute Gasteiger partial charge is 0.351 e. The summed E-state index contributed by atoms with van der Waals surface area (Å²) in [5.74, 6) is -1.79. The van der Waals surface area contributed by atoms with Crippen LogP contribution in [-0.4, -0.2) is 37.6 Å². The average molecular weight is 396 g/mol. The molecule has 0 bridgehead atoms. The van der Waals surface area contributed by atoms with Crippen molar-refractivity contribution in [2.75, 3.05) is 5.75 Å². The number of benzene rings is 1. The van der Waals surface area contributed by atoms with Crippen molar-refractivity contribution in [2.45, 2.75) is 45.3 Å². The molecule has 148 valence electrons. The Morgan fingerprint density at radius 2 is 1.89 bits per heavy atom. The van der Waals surface area contributed by atoms with Crippen LogP contribution in [0.3, 0.4) is 0 Å². The van der Waals surface area contributed by atoms with Gasteiger partial charge in [0.05, 0.1) is 0 Å². The molecule has 9 nitrogen and oxygen atoms in total. The van der Waals surface area contributed by atoms with Gasteiger partial charge in [-0.15, -0.1) is 0 Å². The van der Waals surface area contributed by atoms with Crippen molar-refractivity contribution in [3.63, 3.8) is 0 Å². The smallest absolute Gasteiger partial charge is 0.322 e. The molecule has 0 spiro atoms. The van der Waals surface area contributed by atoms with E-state index in [1.54, 1.807) is 52.0 Å². The van der Waals surface area contributed by atoms with Crippen LogP contribution >= 0.6 is 0 Å². The van der Waals surface area contributed by atoms with E-state index < -0.39 is 44.7 Å². The summed E-state index contributed by atoms with van der Waals surface area (Å²) in [4.78, 5) is 35.4. The summed E-state index contributed by atoms with van der Waals surface area (Å²) in [7, 11) is -3.75. The van der Waals surface area contributed by atoms with Gasteiger partial charge in [0.2, 0.25) is 15.9 Å². The van der Waals surface area contributed by atoms with E-state index in [4.69, 9.17) is 0 Å². The molecule has 1 unspecified atom stereocenters. The van der Waals surface area contributed by atoms with Crippen LogP contribution < -0.4 is 20.7 Å². The molecular weight excluding hydrogens is 372 g/mol. The van der Waals surface area contributed by atoms with Gasteiger partial charge in [-0.05, 0) is 38.8 Å². The number of carbonyl (C=O) groups excluding carboxylic acids is 3. The van der Waals surface area contributed by atoms with Crippen molar-refractivity contribution in [1.29, 1.82) is 0 Å². The Labute approximate surface area is 158 Å².